The summed E-state index contributed by atoms with van der Waals surface area (Å²) in [4.78, 5) is 18.9. The lowest BCUT2D eigenvalue weighted by molar-refractivity contribution is 0.355. The van der Waals surface area contributed by atoms with Crippen LogP contribution in [-0.2, 0) is 6.54 Å². The number of hydrogen-bond acceptors (Lipinski definition) is 5. The Hall–Kier alpha value is -2.34. The molecule has 1 heterocycles. The van der Waals surface area contributed by atoms with Gasteiger partial charge in [-0.25, -0.2) is 4.98 Å². The first-order valence-electron chi connectivity index (χ1n) is 6.71. The summed E-state index contributed by atoms with van der Waals surface area (Å²) in [6.07, 6.45) is 0. The van der Waals surface area contributed by atoms with Gasteiger partial charge >= 0.3 is 0 Å². The maximum Gasteiger partial charge on any atom is 0.251 e. The van der Waals surface area contributed by atoms with Crippen LogP contribution in [0, 0.1) is 0 Å². The molecule has 2 aromatic rings. The summed E-state index contributed by atoms with van der Waals surface area (Å²) >= 11 is 0. The van der Waals surface area contributed by atoms with Gasteiger partial charge in [-0.05, 0) is 24.7 Å². The fraction of sp³-hybridized carbons (Fsp3) is 0.333. The second-order valence-electron chi connectivity index (χ2n) is 4.44. The van der Waals surface area contributed by atoms with Crippen LogP contribution in [0.2, 0.25) is 0 Å². The van der Waals surface area contributed by atoms with Gasteiger partial charge in [0.2, 0.25) is 0 Å². The van der Waals surface area contributed by atoms with Crippen molar-refractivity contribution in [2.45, 2.75) is 13.5 Å². The molecule has 1 aromatic heterocycles. The van der Waals surface area contributed by atoms with E-state index in [2.05, 4.69) is 15.3 Å². The Morgan fingerprint density at radius 3 is 2.62 bits per heavy atom. The van der Waals surface area contributed by atoms with Crippen molar-refractivity contribution in [1.82, 2.24) is 15.3 Å². The monoisotopic (exact) mass is 289 g/mol. The van der Waals surface area contributed by atoms with Gasteiger partial charge in [-0.15, -0.1) is 0 Å². The predicted octanol–water partition coefficient (Wildman–Crippen LogP) is 1.56. The molecule has 0 saturated carbocycles. The molecule has 0 atom stereocenters. The Balaban J connectivity index is 2.41. The Labute approximate surface area is 123 Å². The van der Waals surface area contributed by atoms with Crippen molar-refractivity contribution in [2.24, 2.45) is 0 Å². The van der Waals surface area contributed by atoms with Crippen molar-refractivity contribution in [3.63, 3.8) is 0 Å². The number of rotatable bonds is 6. The minimum absolute atomic E-state index is 0.178. The summed E-state index contributed by atoms with van der Waals surface area (Å²) in [7, 11) is 3.15. The molecule has 6 nitrogen and oxygen atoms in total. The Morgan fingerprint density at radius 1 is 1.19 bits per heavy atom. The highest BCUT2D eigenvalue weighted by Gasteiger charge is 2.09. The molecule has 0 bridgehead atoms. The normalized spacial score (nSPS) is 10.4. The maximum atomic E-state index is 11.7. The van der Waals surface area contributed by atoms with Gasteiger partial charge in [0.1, 0.15) is 5.82 Å². The largest absolute Gasteiger partial charge is 0.493 e. The number of benzene rings is 1. The zero-order chi connectivity index (χ0) is 15.2. The number of aromatic amines is 1. The molecular formula is C15H19N3O3. The lowest BCUT2D eigenvalue weighted by Crippen LogP contribution is -2.17. The number of methoxy groups -OCH3 is 2. The van der Waals surface area contributed by atoms with Gasteiger partial charge in [0.25, 0.3) is 5.56 Å². The number of ether oxygens (including phenoxy) is 2. The van der Waals surface area contributed by atoms with Crippen LogP contribution < -0.4 is 20.3 Å². The first kappa shape index (κ1) is 15.1. The number of H-pyrrole nitrogens is 1. The van der Waals surface area contributed by atoms with Crippen molar-refractivity contribution in [2.75, 3.05) is 20.8 Å². The highest BCUT2D eigenvalue weighted by molar-refractivity contribution is 5.61. The highest BCUT2D eigenvalue weighted by atomic mass is 16.5. The molecule has 0 amide bonds. The summed E-state index contributed by atoms with van der Waals surface area (Å²) in [5.41, 5.74) is 1.29. The third-order valence-corrected chi connectivity index (χ3v) is 3.01. The fourth-order valence-corrected chi connectivity index (χ4v) is 1.97. The Kier molecular flexibility index (Phi) is 4.94. The molecule has 2 N–H and O–H groups in total. The van der Waals surface area contributed by atoms with E-state index in [4.69, 9.17) is 9.47 Å². The van der Waals surface area contributed by atoms with E-state index < -0.39 is 0 Å². The van der Waals surface area contributed by atoms with Gasteiger partial charge in [-0.2, -0.15) is 0 Å². The van der Waals surface area contributed by atoms with Crippen LogP contribution >= 0.6 is 0 Å². The summed E-state index contributed by atoms with van der Waals surface area (Å²) in [5.74, 6) is 1.73. The molecule has 2 rings (SSSR count). The molecule has 0 fully saturated rings. The first-order valence-corrected chi connectivity index (χ1v) is 6.71. The first-order chi connectivity index (χ1) is 10.2. The summed E-state index contributed by atoms with van der Waals surface area (Å²) in [6, 6.07) is 6.89. The van der Waals surface area contributed by atoms with Crippen LogP contribution in [0.5, 0.6) is 11.5 Å². The van der Waals surface area contributed by atoms with E-state index >= 15 is 0 Å². The molecule has 0 aliphatic carbocycles. The van der Waals surface area contributed by atoms with Crippen LogP contribution in [0.3, 0.4) is 0 Å². The molecule has 21 heavy (non-hydrogen) atoms. The second kappa shape index (κ2) is 6.90. The highest BCUT2D eigenvalue weighted by Crippen LogP contribution is 2.30. The number of aromatic nitrogens is 2. The van der Waals surface area contributed by atoms with Crippen molar-refractivity contribution < 1.29 is 9.47 Å². The molecule has 0 aliphatic rings. The molecule has 0 aliphatic heterocycles. The maximum absolute atomic E-state index is 11.7. The molecule has 6 heteroatoms. The summed E-state index contributed by atoms with van der Waals surface area (Å²) in [5, 5.41) is 3.15. The SMILES string of the molecule is CCNCc1cc(=O)[nH]c(-c2ccc(OC)c(OC)c2)n1. The average Bonchev–Trinajstić information content (AvgIpc) is 2.51. The molecule has 0 radical (unpaired) electrons. The zero-order valence-corrected chi connectivity index (χ0v) is 12.4. The van der Waals surface area contributed by atoms with Gasteiger partial charge in [-0.1, -0.05) is 6.92 Å². The van der Waals surface area contributed by atoms with E-state index in [0.717, 1.165) is 12.1 Å². The summed E-state index contributed by atoms with van der Waals surface area (Å²) < 4.78 is 10.5. The summed E-state index contributed by atoms with van der Waals surface area (Å²) in [6.45, 7) is 3.38. The molecular weight excluding hydrogens is 270 g/mol. The van der Waals surface area contributed by atoms with Crippen LogP contribution in [0.4, 0.5) is 0 Å². The minimum Gasteiger partial charge on any atom is -0.493 e. The van der Waals surface area contributed by atoms with E-state index in [-0.39, 0.29) is 5.56 Å². The predicted molar refractivity (Wildman–Crippen MR) is 80.8 cm³/mol. The molecule has 0 saturated heterocycles. The smallest absolute Gasteiger partial charge is 0.251 e. The van der Waals surface area contributed by atoms with Gasteiger partial charge in [0.15, 0.2) is 11.5 Å². The number of nitrogens with zero attached hydrogens (tertiary/aromatic N) is 1. The molecule has 112 valence electrons. The van der Waals surface area contributed by atoms with E-state index in [0.29, 0.717) is 29.6 Å². The third-order valence-electron chi connectivity index (χ3n) is 3.01. The van der Waals surface area contributed by atoms with E-state index in [1.807, 2.05) is 13.0 Å². The Bertz CT molecular complexity index is 667. The average molecular weight is 289 g/mol. The van der Waals surface area contributed by atoms with E-state index in [9.17, 15) is 4.79 Å². The van der Waals surface area contributed by atoms with Crippen LogP contribution in [0.15, 0.2) is 29.1 Å². The van der Waals surface area contributed by atoms with Crippen molar-refractivity contribution in [1.29, 1.82) is 0 Å². The van der Waals surface area contributed by atoms with Gasteiger partial charge < -0.3 is 19.8 Å². The molecule has 0 spiro atoms. The topological polar surface area (TPSA) is 76.2 Å². The second-order valence-corrected chi connectivity index (χ2v) is 4.44. The molecule has 0 unspecified atom stereocenters. The van der Waals surface area contributed by atoms with Crippen molar-refractivity contribution in [3.05, 3.63) is 40.3 Å². The quantitative estimate of drug-likeness (QED) is 0.844. The van der Waals surface area contributed by atoms with Crippen molar-refractivity contribution >= 4 is 0 Å². The van der Waals surface area contributed by atoms with Crippen LogP contribution in [0.1, 0.15) is 12.6 Å². The molecule has 1 aromatic carbocycles. The van der Waals surface area contributed by atoms with E-state index in [1.165, 1.54) is 6.07 Å². The van der Waals surface area contributed by atoms with Gasteiger partial charge in [0, 0.05) is 18.2 Å². The van der Waals surface area contributed by atoms with E-state index in [1.54, 1.807) is 26.4 Å². The van der Waals surface area contributed by atoms with Gasteiger partial charge in [-0.3, -0.25) is 4.79 Å². The van der Waals surface area contributed by atoms with Gasteiger partial charge in [0.05, 0.1) is 19.9 Å². The van der Waals surface area contributed by atoms with Crippen LogP contribution in [-0.4, -0.2) is 30.7 Å². The lowest BCUT2D eigenvalue weighted by atomic mass is 10.2. The zero-order valence-electron chi connectivity index (χ0n) is 12.4. The Morgan fingerprint density at radius 2 is 1.95 bits per heavy atom. The standard InChI is InChI=1S/C15H19N3O3/c1-4-16-9-11-8-14(19)18-15(17-11)10-5-6-12(20-2)13(7-10)21-3/h5-8,16H,4,9H2,1-3H3,(H,17,18,19). The number of nitrogens with one attached hydrogen (secondary N) is 2. The van der Waals surface area contributed by atoms with Crippen LogP contribution in [0.25, 0.3) is 11.4 Å². The lowest BCUT2D eigenvalue weighted by Gasteiger charge is -2.10. The minimum atomic E-state index is -0.178. The van der Waals surface area contributed by atoms with Crippen molar-refractivity contribution in [3.8, 4) is 22.9 Å². The third kappa shape index (κ3) is 3.61. The number of hydrogen-bond donors (Lipinski definition) is 2. The fourth-order valence-electron chi connectivity index (χ4n) is 1.97.